The van der Waals surface area contributed by atoms with E-state index in [9.17, 15) is 39.0 Å². The molecule has 1 aliphatic rings. The second-order valence-corrected chi connectivity index (χ2v) is 14.1. The van der Waals surface area contributed by atoms with E-state index in [1.54, 1.807) is 12.1 Å². The number of carbonyl (C=O) groups excluding carboxylic acids is 4. The van der Waals surface area contributed by atoms with E-state index in [-0.39, 0.29) is 13.2 Å². The van der Waals surface area contributed by atoms with Crippen molar-refractivity contribution >= 4 is 35.8 Å². The van der Waals surface area contributed by atoms with Crippen LogP contribution >= 0.6 is 0 Å². The smallest absolute Gasteiger partial charge is 0.339 e. The number of fused-ring (bicyclic) bond motifs is 3. The molecule has 0 spiro atoms. The lowest BCUT2D eigenvalue weighted by atomic mass is 9.68. The van der Waals surface area contributed by atoms with Gasteiger partial charge in [0.05, 0.1) is 34.8 Å². The van der Waals surface area contributed by atoms with Crippen LogP contribution in [0.1, 0.15) is 63.7 Å². The van der Waals surface area contributed by atoms with E-state index < -0.39 is 88.9 Å². The molecule has 5 aromatic carbocycles. The third-order valence-corrected chi connectivity index (χ3v) is 10.4. The number of rotatable bonds is 20. The number of carboxylic acid groups (broad SMARTS) is 2. The van der Waals surface area contributed by atoms with Gasteiger partial charge in [-0.15, -0.1) is 0 Å². The molecule has 328 valence electrons. The van der Waals surface area contributed by atoms with E-state index in [0.717, 1.165) is 52.6 Å². The summed E-state index contributed by atoms with van der Waals surface area (Å²) in [5.41, 5.74) is 2.45. The van der Waals surface area contributed by atoms with Crippen LogP contribution in [0, 0.1) is 0 Å². The lowest BCUT2D eigenvalue weighted by Gasteiger charge is -2.34. The molecule has 0 saturated heterocycles. The highest BCUT2D eigenvalue weighted by Gasteiger charge is 2.46. The SMILES string of the molecule is C=CC(=O)OCC(COc1ccc(C2(c3ccc(OCC(COC(=O)C=C)OC(=O)c4cc(C(=O)O)c(C(=O)OC)cc4C(=O)O)cc3)c3ccccc3-c3ccccc32)cc1)OC. The standard InChI is InChI=1S/C49H42O15/c1-5-43(50)62-26-33(58-3)25-60-31-19-15-29(16-20-31)49(41-13-9-7-11-35(41)36-12-8-10-14-42(36)49)30-17-21-32(22-18-30)61-27-34(28-63-44(51)6-2)64-48(57)40-24-37(45(52)53)39(47(56)59-4)23-38(40)46(54)55/h5-24,33-34H,1-2,25-28H2,3-4H3,(H,52,53)(H,54,55). The summed E-state index contributed by atoms with van der Waals surface area (Å²) in [7, 11) is 2.48. The number of esters is 4. The second kappa shape index (κ2) is 20.2. The fourth-order valence-corrected chi connectivity index (χ4v) is 7.39. The second-order valence-electron chi connectivity index (χ2n) is 14.1. The summed E-state index contributed by atoms with van der Waals surface area (Å²) in [4.78, 5) is 73.6. The number of benzene rings is 5. The number of carbonyl (C=O) groups is 6. The number of carboxylic acids is 2. The molecule has 1 aliphatic carbocycles. The van der Waals surface area contributed by atoms with Crippen molar-refractivity contribution in [1.82, 2.24) is 0 Å². The molecule has 0 saturated carbocycles. The predicted octanol–water partition coefficient (Wildman–Crippen LogP) is 6.69. The summed E-state index contributed by atoms with van der Waals surface area (Å²) in [5, 5.41) is 19.6. The zero-order chi connectivity index (χ0) is 46.0. The minimum Gasteiger partial charge on any atom is -0.491 e. The number of ether oxygens (including phenoxy) is 7. The monoisotopic (exact) mass is 870 g/mol. The maximum atomic E-state index is 13.5. The molecule has 2 atom stereocenters. The Bertz CT molecular complexity index is 2550. The average molecular weight is 871 g/mol. The van der Waals surface area contributed by atoms with Gasteiger partial charge in [0.1, 0.15) is 44.0 Å². The summed E-state index contributed by atoms with van der Waals surface area (Å²) in [5.74, 6) is -6.24. The fraction of sp³-hybridized carbons (Fsp3) is 0.184. The summed E-state index contributed by atoms with van der Waals surface area (Å²) in [6.07, 6.45) is 0.111. The van der Waals surface area contributed by atoms with Crippen LogP contribution in [0.4, 0.5) is 0 Å². The Hall–Kier alpha value is -8.04. The Morgan fingerprint density at radius 1 is 0.562 bits per heavy atom. The zero-order valence-corrected chi connectivity index (χ0v) is 34.6. The van der Waals surface area contributed by atoms with E-state index in [1.807, 2.05) is 60.7 Å². The predicted molar refractivity (Wildman–Crippen MR) is 229 cm³/mol. The van der Waals surface area contributed by atoms with Crippen molar-refractivity contribution in [1.29, 1.82) is 0 Å². The maximum absolute atomic E-state index is 13.5. The topological polar surface area (TPSA) is 207 Å². The van der Waals surface area contributed by atoms with E-state index in [0.29, 0.717) is 23.6 Å². The maximum Gasteiger partial charge on any atom is 0.339 e. The summed E-state index contributed by atoms with van der Waals surface area (Å²) >= 11 is 0. The first kappa shape index (κ1) is 45.5. The summed E-state index contributed by atoms with van der Waals surface area (Å²) < 4.78 is 37.9. The highest BCUT2D eigenvalue weighted by Crippen LogP contribution is 2.56. The molecule has 0 radical (unpaired) electrons. The van der Waals surface area contributed by atoms with Crippen LogP contribution in [0.2, 0.25) is 0 Å². The first-order valence-corrected chi connectivity index (χ1v) is 19.6. The van der Waals surface area contributed by atoms with Gasteiger partial charge in [-0.1, -0.05) is 86.0 Å². The summed E-state index contributed by atoms with van der Waals surface area (Å²) in [6, 6.07) is 32.6. The minimum absolute atomic E-state index is 0.0124. The molecule has 6 rings (SSSR count). The van der Waals surface area contributed by atoms with Crippen LogP contribution in [0.25, 0.3) is 11.1 Å². The van der Waals surface area contributed by atoms with Crippen LogP contribution in [0.15, 0.2) is 135 Å². The largest absolute Gasteiger partial charge is 0.491 e. The van der Waals surface area contributed by atoms with Gasteiger partial charge in [-0.3, -0.25) is 0 Å². The Labute approximate surface area is 367 Å². The first-order chi connectivity index (χ1) is 30.8. The highest BCUT2D eigenvalue weighted by molar-refractivity contribution is 6.09. The van der Waals surface area contributed by atoms with Crippen LogP contribution < -0.4 is 9.47 Å². The molecule has 2 N–H and O–H groups in total. The fourth-order valence-electron chi connectivity index (χ4n) is 7.39. The van der Waals surface area contributed by atoms with Crippen molar-refractivity contribution in [3.63, 3.8) is 0 Å². The van der Waals surface area contributed by atoms with Gasteiger partial charge < -0.3 is 43.4 Å². The summed E-state index contributed by atoms with van der Waals surface area (Å²) in [6.45, 7) is 5.92. The molecule has 0 bridgehead atoms. The Morgan fingerprint density at radius 2 is 0.984 bits per heavy atom. The number of hydrogen-bond acceptors (Lipinski definition) is 13. The van der Waals surface area contributed by atoms with Gasteiger partial charge in [0, 0.05) is 19.3 Å². The van der Waals surface area contributed by atoms with Gasteiger partial charge in [0.15, 0.2) is 6.10 Å². The van der Waals surface area contributed by atoms with Gasteiger partial charge >= 0.3 is 35.8 Å². The molecule has 0 aromatic heterocycles. The Kier molecular flexibility index (Phi) is 14.4. The lowest BCUT2D eigenvalue weighted by molar-refractivity contribution is -0.142. The van der Waals surface area contributed by atoms with Gasteiger partial charge in [-0.05, 0) is 69.8 Å². The van der Waals surface area contributed by atoms with Crippen molar-refractivity contribution < 1.29 is 72.1 Å². The van der Waals surface area contributed by atoms with Crippen LogP contribution in [-0.4, -0.2) is 98.9 Å². The van der Waals surface area contributed by atoms with Crippen LogP contribution in [0.5, 0.6) is 11.5 Å². The molecular formula is C49H42O15. The highest BCUT2D eigenvalue weighted by atomic mass is 16.6. The molecule has 15 nitrogen and oxygen atoms in total. The molecular weight excluding hydrogens is 829 g/mol. The van der Waals surface area contributed by atoms with Gasteiger partial charge in [0.25, 0.3) is 0 Å². The molecule has 0 amide bonds. The van der Waals surface area contributed by atoms with Crippen molar-refractivity contribution in [2.45, 2.75) is 17.6 Å². The molecule has 15 heteroatoms. The Morgan fingerprint density at radius 3 is 1.41 bits per heavy atom. The molecule has 0 fully saturated rings. The van der Waals surface area contributed by atoms with Crippen LogP contribution in [-0.2, 0) is 38.7 Å². The Balaban J connectivity index is 1.29. The van der Waals surface area contributed by atoms with Gasteiger partial charge in [-0.2, -0.15) is 0 Å². The number of methoxy groups -OCH3 is 2. The molecule has 0 aliphatic heterocycles. The van der Waals surface area contributed by atoms with Crippen molar-refractivity contribution in [2.24, 2.45) is 0 Å². The third-order valence-electron chi connectivity index (χ3n) is 10.4. The average Bonchev–Trinajstić information content (AvgIpc) is 3.62. The van der Waals surface area contributed by atoms with E-state index in [1.165, 1.54) is 7.11 Å². The van der Waals surface area contributed by atoms with Gasteiger partial charge in [0.2, 0.25) is 0 Å². The molecule has 5 aromatic rings. The van der Waals surface area contributed by atoms with E-state index >= 15 is 0 Å². The zero-order valence-electron chi connectivity index (χ0n) is 34.6. The number of aromatic carboxylic acids is 2. The molecule has 0 heterocycles. The van der Waals surface area contributed by atoms with E-state index in [4.69, 9.17) is 28.4 Å². The van der Waals surface area contributed by atoms with Crippen molar-refractivity contribution in [2.75, 3.05) is 40.6 Å². The first-order valence-electron chi connectivity index (χ1n) is 19.6. The third kappa shape index (κ3) is 9.54. The van der Waals surface area contributed by atoms with Crippen molar-refractivity contribution in [3.8, 4) is 22.6 Å². The van der Waals surface area contributed by atoms with Crippen molar-refractivity contribution in [3.05, 3.63) is 179 Å². The molecule has 64 heavy (non-hydrogen) atoms. The number of hydrogen-bond donors (Lipinski definition) is 2. The minimum atomic E-state index is -1.66. The van der Waals surface area contributed by atoms with Gasteiger partial charge in [-0.25, -0.2) is 28.8 Å². The normalized spacial score (nSPS) is 12.8. The van der Waals surface area contributed by atoms with Crippen LogP contribution in [0.3, 0.4) is 0 Å². The quantitative estimate of drug-likeness (QED) is 0.0466. The lowest BCUT2D eigenvalue weighted by Crippen LogP contribution is -2.31. The van der Waals surface area contributed by atoms with E-state index in [2.05, 4.69) is 42.2 Å². The molecule has 2 unspecified atom stereocenters.